The predicted molar refractivity (Wildman–Crippen MR) is 78.1 cm³/mol. The van der Waals surface area contributed by atoms with Crippen molar-refractivity contribution in [3.63, 3.8) is 0 Å². The van der Waals surface area contributed by atoms with Crippen LogP contribution in [0.3, 0.4) is 0 Å². The molecule has 2 rings (SSSR count). The first-order valence-corrected chi connectivity index (χ1v) is 8.50. The molecule has 0 aliphatic rings. The first-order valence-electron chi connectivity index (χ1n) is 5.87. The number of nitrogens with zero attached hydrogens (tertiary/aromatic N) is 2. The molecule has 0 aliphatic carbocycles. The third-order valence-corrected chi connectivity index (χ3v) is 5.86. The number of carboxylic acids is 1. The van der Waals surface area contributed by atoms with Crippen molar-refractivity contribution in [2.75, 3.05) is 6.54 Å². The van der Waals surface area contributed by atoms with E-state index < -0.39 is 21.0 Å². The van der Waals surface area contributed by atoms with E-state index in [1.54, 1.807) is 19.1 Å². The van der Waals surface area contributed by atoms with Gasteiger partial charge in [-0.3, -0.25) is 5.10 Å². The van der Waals surface area contributed by atoms with E-state index in [0.717, 1.165) is 15.4 Å². The third-order valence-electron chi connectivity index (χ3n) is 2.75. The zero-order chi connectivity index (χ0) is 15.6. The maximum absolute atomic E-state index is 12.5. The summed E-state index contributed by atoms with van der Waals surface area (Å²) in [6.07, 6.45) is 0.977. The Balaban J connectivity index is 2.35. The summed E-state index contributed by atoms with van der Waals surface area (Å²) in [6.45, 7) is 1.98. The maximum atomic E-state index is 12.5. The zero-order valence-corrected chi connectivity index (χ0v) is 13.3. The fourth-order valence-corrected chi connectivity index (χ4v) is 4.41. The lowest BCUT2D eigenvalue weighted by Crippen LogP contribution is -2.31. The molecule has 0 atom stereocenters. The summed E-state index contributed by atoms with van der Waals surface area (Å²) in [4.78, 5) is 11.8. The molecular weight excluding hydrogens is 338 g/mol. The number of hydrogen-bond acceptors (Lipinski definition) is 5. The van der Waals surface area contributed by atoms with Gasteiger partial charge in [0.05, 0.1) is 10.5 Å². The molecule has 2 aromatic heterocycles. The Bertz CT molecular complexity index is 753. The zero-order valence-electron chi connectivity index (χ0n) is 10.9. The van der Waals surface area contributed by atoms with Gasteiger partial charge in [0.25, 0.3) is 10.0 Å². The summed E-state index contributed by atoms with van der Waals surface area (Å²) in [5, 5.41) is 14.3. The average molecular weight is 350 g/mol. The number of carboxylic acid groups (broad SMARTS) is 1. The molecule has 0 aliphatic heterocycles. The third kappa shape index (κ3) is 3.26. The Morgan fingerprint density at radius 2 is 2.24 bits per heavy atom. The number of hydrogen-bond donors (Lipinski definition) is 2. The van der Waals surface area contributed by atoms with Crippen LogP contribution in [0.1, 0.15) is 22.2 Å². The van der Waals surface area contributed by atoms with E-state index >= 15 is 0 Å². The number of H-pyrrole nitrogens is 1. The van der Waals surface area contributed by atoms with Crippen molar-refractivity contribution in [3.8, 4) is 0 Å². The number of nitrogens with one attached hydrogen (secondary N) is 1. The van der Waals surface area contributed by atoms with Gasteiger partial charge in [-0.25, -0.2) is 13.2 Å². The van der Waals surface area contributed by atoms with Crippen LogP contribution in [0.25, 0.3) is 0 Å². The minimum Gasteiger partial charge on any atom is -0.478 e. The molecule has 21 heavy (non-hydrogen) atoms. The fraction of sp³-hybridized carbons (Fsp3) is 0.273. The summed E-state index contributed by atoms with van der Waals surface area (Å²) in [6, 6.07) is 3.41. The maximum Gasteiger partial charge on any atom is 0.340 e. The van der Waals surface area contributed by atoms with E-state index in [4.69, 9.17) is 16.7 Å². The summed E-state index contributed by atoms with van der Waals surface area (Å²) in [5.41, 5.74) is -0.377. The fourth-order valence-electron chi connectivity index (χ4n) is 1.73. The second kappa shape index (κ2) is 6.14. The van der Waals surface area contributed by atoms with Gasteiger partial charge in [0.2, 0.25) is 0 Å². The molecule has 0 amide bonds. The van der Waals surface area contributed by atoms with Crippen molar-refractivity contribution in [3.05, 3.63) is 33.1 Å². The van der Waals surface area contributed by atoms with Crippen molar-refractivity contribution >= 4 is 38.9 Å². The molecule has 0 saturated carbocycles. The molecule has 10 heteroatoms. The largest absolute Gasteiger partial charge is 0.478 e. The molecule has 0 fully saturated rings. The van der Waals surface area contributed by atoms with Crippen molar-refractivity contribution in [2.45, 2.75) is 18.5 Å². The smallest absolute Gasteiger partial charge is 0.340 e. The number of aromatic nitrogens is 2. The molecule has 7 nitrogen and oxygen atoms in total. The monoisotopic (exact) mass is 349 g/mol. The Hall–Kier alpha value is -1.42. The van der Waals surface area contributed by atoms with Crippen LogP contribution in [-0.2, 0) is 16.6 Å². The summed E-state index contributed by atoms with van der Waals surface area (Å²) in [5.74, 6) is -1.35. The van der Waals surface area contributed by atoms with Gasteiger partial charge in [-0.2, -0.15) is 9.40 Å². The number of sulfonamides is 1. The Morgan fingerprint density at radius 1 is 1.52 bits per heavy atom. The molecule has 0 unspecified atom stereocenters. The minimum atomic E-state index is -3.97. The Kier molecular flexibility index (Phi) is 4.67. The molecule has 0 radical (unpaired) electrons. The van der Waals surface area contributed by atoms with Crippen LogP contribution in [0.2, 0.25) is 4.34 Å². The lowest BCUT2D eigenvalue weighted by atomic mass is 10.4. The molecule has 2 aromatic rings. The molecule has 2 heterocycles. The van der Waals surface area contributed by atoms with E-state index in [9.17, 15) is 13.2 Å². The molecule has 0 bridgehead atoms. The van der Waals surface area contributed by atoms with Crippen LogP contribution in [0.5, 0.6) is 0 Å². The number of carbonyl (C=O) groups is 1. The van der Waals surface area contributed by atoms with Crippen LogP contribution >= 0.6 is 22.9 Å². The SMILES string of the molecule is CCN(Cc1ccc(Cl)s1)S(=O)(=O)c1[nH]ncc1C(=O)O. The van der Waals surface area contributed by atoms with Crippen LogP contribution in [0, 0.1) is 0 Å². The van der Waals surface area contributed by atoms with E-state index in [1.807, 2.05) is 0 Å². The first kappa shape index (κ1) is 16.0. The number of halogens is 1. The van der Waals surface area contributed by atoms with E-state index in [1.165, 1.54) is 11.3 Å². The van der Waals surface area contributed by atoms with Gasteiger partial charge in [-0.05, 0) is 12.1 Å². The van der Waals surface area contributed by atoms with Crippen molar-refractivity contribution in [1.29, 1.82) is 0 Å². The second-order valence-electron chi connectivity index (χ2n) is 4.05. The summed E-state index contributed by atoms with van der Waals surface area (Å²) < 4.78 is 26.8. The Labute approximate surface area is 130 Å². The molecule has 2 N–H and O–H groups in total. The van der Waals surface area contributed by atoms with Gasteiger partial charge < -0.3 is 5.11 Å². The summed E-state index contributed by atoms with van der Waals surface area (Å²) >= 11 is 7.10. The number of aromatic amines is 1. The molecule has 0 aromatic carbocycles. The lowest BCUT2D eigenvalue weighted by molar-refractivity contribution is 0.0692. The highest BCUT2D eigenvalue weighted by Crippen LogP contribution is 2.25. The van der Waals surface area contributed by atoms with Crippen LogP contribution in [0.4, 0.5) is 0 Å². The predicted octanol–water partition coefficient (Wildman–Crippen LogP) is 2.03. The Morgan fingerprint density at radius 3 is 2.76 bits per heavy atom. The normalized spacial score (nSPS) is 12.0. The van der Waals surface area contributed by atoms with Gasteiger partial charge in [-0.1, -0.05) is 18.5 Å². The number of aromatic carboxylic acids is 1. The second-order valence-corrected chi connectivity index (χ2v) is 7.73. The minimum absolute atomic E-state index is 0.119. The first-order chi connectivity index (χ1) is 9.86. The molecule has 0 saturated heterocycles. The van der Waals surface area contributed by atoms with Crippen molar-refractivity contribution < 1.29 is 18.3 Å². The molecular formula is C11H12ClN3O4S2. The standard InChI is InChI=1S/C11H12ClN3O4S2/c1-2-15(6-7-3-4-9(12)20-7)21(18,19)10-8(11(16)17)5-13-14-10/h3-5H,2,6H2,1H3,(H,13,14)(H,16,17). The highest BCUT2D eigenvalue weighted by Gasteiger charge is 2.30. The molecule has 0 spiro atoms. The lowest BCUT2D eigenvalue weighted by Gasteiger charge is -2.19. The highest BCUT2D eigenvalue weighted by molar-refractivity contribution is 7.89. The van der Waals surface area contributed by atoms with Gasteiger partial charge in [0, 0.05) is 18.0 Å². The van der Waals surface area contributed by atoms with Crippen LogP contribution in [0.15, 0.2) is 23.4 Å². The van der Waals surface area contributed by atoms with Gasteiger partial charge in [0.15, 0.2) is 5.03 Å². The quantitative estimate of drug-likeness (QED) is 0.830. The average Bonchev–Trinajstić information content (AvgIpc) is 3.04. The van der Waals surface area contributed by atoms with Gasteiger partial charge in [0.1, 0.15) is 5.56 Å². The molecule has 114 valence electrons. The van der Waals surface area contributed by atoms with E-state index in [-0.39, 0.29) is 18.7 Å². The van der Waals surface area contributed by atoms with Gasteiger partial charge in [-0.15, -0.1) is 11.3 Å². The van der Waals surface area contributed by atoms with Gasteiger partial charge >= 0.3 is 5.97 Å². The summed E-state index contributed by atoms with van der Waals surface area (Å²) in [7, 11) is -3.97. The van der Waals surface area contributed by atoms with Crippen molar-refractivity contribution in [2.24, 2.45) is 0 Å². The van der Waals surface area contributed by atoms with E-state index in [2.05, 4.69) is 10.2 Å². The van der Waals surface area contributed by atoms with Crippen LogP contribution < -0.4 is 0 Å². The topological polar surface area (TPSA) is 103 Å². The van der Waals surface area contributed by atoms with E-state index in [0.29, 0.717) is 4.34 Å². The van der Waals surface area contributed by atoms with Crippen LogP contribution in [-0.4, -0.2) is 40.5 Å². The highest BCUT2D eigenvalue weighted by atomic mass is 35.5. The number of rotatable bonds is 6. The number of thiophene rings is 1. The van der Waals surface area contributed by atoms with Crippen molar-refractivity contribution in [1.82, 2.24) is 14.5 Å².